The highest BCUT2D eigenvalue weighted by Crippen LogP contribution is 2.65. The van der Waals surface area contributed by atoms with Crippen LogP contribution in [-0.2, 0) is 4.74 Å². The van der Waals surface area contributed by atoms with Gasteiger partial charge in [0.05, 0.1) is 18.8 Å². The topological polar surface area (TPSA) is 32.7 Å². The van der Waals surface area contributed by atoms with Gasteiger partial charge in [-0.3, -0.25) is 0 Å². The summed E-state index contributed by atoms with van der Waals surface area (Å²) in [6.45, 7) is 11.3. The zero-order valence-electron chi connectivity index (χ0n) is 18.9. The average molecular weight is 390 g/mol. The number of allylic oxidation sites excluding steroid dienone is 1. The highest BCUT2D eigenvalue weighted by atomic mass is 16.5. The molecular weight excluding hydrogens is 346 g/mol. The van der Waals surface area contributed by atoms with Gasteiger partial charge < -0.3 is 14.7 Å². The van der Waals surface area contributed by atoms with Crippen molar-refractivity contribution in [2.75, 3.05) is 20.2 Å². The molecular formula is C25H43NO2. The fourth-order valence-corrected chi connectivity index (χ4v) is 7.93. The quantitative estimate of drug-likeness (QED) is 0.669. The molecule has 3 saturated carbocycles. The zero-order chi connectivity index (χ0) is 20.1. The number of likely N-dealkylation sites (N-methyl/N-ethyl adjacent to an activating group) is 1. The van der Waals surface area contributed by atoms with Crippen LogP contribution in [0.1, 0.15) is 79.1 Å². The number of hydrogen-bond donors (Lipinski definition) is 1. The van der Waals surface area contributed by atoms with E-state index < -0.39 is 0 Å². The fraction of sp³-hybridized carbons (Fsp3) is 0.920. The fourth-order valence-electron chi connectivity index (χ4n) is 7.93. The maximum absolute atomic E-state index is 10.2. The van der Waals surface area contributed by atoms with Crippen molar-refractivity contribution in [1.29, 1.82) is 0 Å². The molecule has 4 aliphatic carbocycles. The first-order valence-corrected chi connectivity index (χ1v) is 11.9. The van der Waals surface area contributed by atoms with Crippen molar-refractivity contribution in [3.8, 4) is 0 Å². The summed E-state index contributed by atoms with van der Waals surface area (Å²) in [7, 11) is 2.33. The van der Waals surface area contributed by atoms with Crippen LogP contribution in [0.25, 0.3) is 0 Å². The summed E-state index contributed by atoms with van der Waals surface area (Å²) in [5.74, 6) is 2.56. The van der Waals surface area contributed by atoms with Gasteiger partial charge in [-0.1, -0.05) is 25.5 Å². The molecule has 0 unspecified atom stereocenters. The van der Waals surface area contributed by atoms with E-state index in [1.165, 1.54) is 38.5 Å². The number of rotatable bonds is 5. The van der Waals surface area contributed by atoms with E-state index in [1.54, 1.807) is 5.57 Å². The number of aliphatic hydroxyl groups excluding tert-OH is 1. The predicted octanol–water partition coefficient (Wildman–Crippen LogP) is 5.04. The molecule has 3 nitrogen and oxygen atoms in total. The van der Waals surface area contributed by atoms with Crippen molar-refractivity contribution >= 4 is 0 Å². The van der Waals surface area contributed by atoms with Crippen LogP contribution >= 0.6 is 0 Å². The van der Waals surface area contributed by atoms with Crippen LogP contribution in [0.15, 0.2) is 11.6 Å². The first kappa shape index (κ1) is 20.9. The first-order valence-electron chi connectivity index (χ1n) is 11.9. The van der Waals surface area contributed by atoms with Crippen LogP contribution in [0.2, 0.25) is 0 Å². The van der Waals surface area contributed by atoms with Crippen LogP contribution in [0, 0.1) is 28.6 Å². The Morgan fingerprint density at radius 1 is 1.14 bits per heavy atom. The van der Waals surface area contributed by atoms with Gasteiger partial charge in [-0.15, -0.1) is 0 Å². The van der Waals surface area contributed by atoms with Crippen molar-refractivity contribution in [3.05, 3.63) is 11.6 Å². The Kier molecular flexibility index (Phi) is 5.74. The van der Waals surface area contributed by atoms with Gasteiger partial charge in [0.1, 0.15) is 0 Å². The molecule has 0 aromatic rings. The molecule has 4 rings (SSSR count). The van der Waals surface area contributed by atoms with Crippen molar-refractivity contribution in [1.82, 2.24) is 4.90 Å². The van der Waals surface area contributed by atoms with Crippen molar-refractivity contribution in [2.45, 2.75) is 97.3 Å². The SMILES string of the molecule is CC(C)OCCN(C)[C@H]1CC[C@H]2[C@@H]3CC=C4C[C@@H](O)CC[C@]4(C)[C@H]3CC[C@]12C. The molecule has 3 heteroatoms. The smallest absolute Gasteiger partial charge is 0.0596 e. The average Bonchev–Trinajstić information content (AvgIpc) is 2.99. The predicted molar refractivity (Wildman–Crippen MR) is 115 cm³/mol. The molecule has 160 valence electrons. The number of fused-ring (bicyclic) bond motifs is 5. The van der Waals surface area contributed by atoms with Crippen molar-refractivity contribution < 1.29 is 9.84 Å². The van der Waals surface area contributed by atoms with Crippen LogP contribution in [0.3, 0.4) is 0 Å². The molecule has 0 bridgehead atoms. The van der Waals surface area contributed by atoms with Gasteiger partial charge in [0.2, 0.25) is 0 Å². The summed E-state index contributed by atoms with van der Waals surface area (Å²) in [5, 5.41) is 10.2. The molecule has 0 radical (unpaired) electrons. The maximum atomic E-state index is 10.2. The van der Waals surface area contributed by atoms with E-state index in [4.69, 9.17) is 4.74 Å². The standard InChI is InChI=1S/C25H43NO2/c1-17(2)28-15-14-26(5)23-9-8-21-20-7-6-18-16-19(27)10-12-24(18,3)22(20)11-13-25(21,23)4/h6,17,19-23,27H,7-16H2,1-5H3/t19-,20-,21-,22-,23-,24-,25-/m0/s1. The van der Waals surface area contributed by atoms with Crippen LogP contribution < -0.4 is 0 Å². The minimum Gasteiger partial charge on any atom is -0.393 e. The number of aliphatic hydroxyl groups is 1. The Morgan fingerprint density at radius 3 is 2.68 bits per heavy atom. The molecule has 0 aliphatic heterocycles. The Morgan fingerprint density at radius 2 is 1.93 bits per heavy atom. The van der Waals surface area contributed by atoms with E-state index in [0.29, 0.717) is 23.0 Å². The molecule has 0 amide bonds. The van der Waals surface area contributed by atoms with E-state index in [1.807, 2.05) is 0 Å². The summed E-state index contributed by atoms with van der Waals surface area (Å²) in [6, 6.07) is 0.709. The lowest BCUT2D eigenvalue weighted by molar-refractivity contribution is -0.0593. The monoisotopic (exact) mass is 389 g/mol. The Labute approximate surface area is 172 Å². The minimum absolute atomic E-state index is 0.0951. The highest BCUT2D eigenvalue weighted by Gasteiger charge is 2.59. The molecule has 0 aromatic heterocycles. The lowest BCUT2D eigenvalue weighted by Crippen LogP contribution is -2.53. The molecule has 7 atom stereocenters. The minimum atomic E-state index is -0.0951. The first-order chi connectivity index (χ1) is 13.3. The lowest BCUT2D eigenvalue weighted by Gasteiger charge is -2.58. The third-order valence-corrected chi connectivity index (χ3v) is 9.46. The normalized spacial score (nSPS) is 45.6. The summed E-state index contributed by atoms with van der Waals surface area (Å²) in [6.07, 6.45) is 12.7. The summed E-state index contributed by atoms with van der Waals surface area (Å²) < 4.78 is 5.84. The van der Waals surface area contributed by atoms with Crippen LogP contribution in [0.5, 0.6) is 0 Å². The molecule has 1 N–H and O–H groups in total. The summed E-state index contributed by atoms with van der Waals surface area (Å²) >= 11 is 0. The second-order valence-corrected chi connectivity index (χ2v) is 11.2. The van der Waals surface area contributed by atoms with Gasteiger partial charge in [-0.2, -0.15) is 0 Å². The second-order valence-electron chi connectivity index (χ2n) is 11.2. The molecule has 0 aromatic carbocycles. The van der Waals surface area contributed by atoms with Gasteiger partial charge in [-0.25, -0.2) is 0 Å². The van der Waals surface area contributed by atoms with E-state index >= 15 is 0 Å². The van der Waals surface area contributed by atoms with Gasteiger partial charge >= 0.3 is 0 Å². The molecule has 28 heavy (non-hydrogen) atoms. The molecule has 4 aliphatic rings. The Balaban J connectivity index is 1.49. The van der Waals surface area contributed by atoms with E-state index in [9.17, 15) is 5.11 Å². The molecule has 0 saturated heterocycles. The van der Waals surface area contributed by atoms with E-state index in [2.05, 4.69) is 45.7 Å². The van der Waals surface area contributed by atoms with Crippen molar-refractivity contribution in [2.24, 2.45) is 28.6 Å². The Bertz CT molecular complexity index is 601. The van der Waals surface area contributed by atoms with Gasteiger partial charge in [-0.05, 0) is 101 Å². The largest absolute Gasteiger partial charge is 0.393 e. The van der Waals surface area contributed by atoms with Crippen LogP contribution in [-0.4, -0.2) is 48.5 Å². The zero-order valence-corrected chi connectivity index (χ0v) is 18.9. The molecule has 3 fully saturated rings. The van der Waals surface area contributed by atoms with Gasteiger partial charge in [0, 0.05) is 12.6 Å². The third-order valence-electron chi connectivity index (χ3n) is 9.46. The summed E-state index contributed by atoms with van der Waals surface area (Å²) in [5.41, 5.74) is 2.41. The molecule has 0 heterocycles. The highest BCUT2D eigenvalue weighted by molar-refractivity contribution is 5.25. The van der Waals surface area contributed by atoms with Gasteiger partial charge in [0.25, 0.3) is 0 Å². The van der Waals surface area contributed by atoms with Crippen molar-refractivity contribution in [3.63, 3.8) is 0 Å². The third kappa shape index (κ3) is 3.40. The number of nitrogens with zero attached hydrogens (tertiary/aromatic N) is 1. The second kappa shape index (κ2) is 7.71. The van der Waals surface area contributed by atoms with E-state index in [-0.39, 0.29) is 6.10 Å². The summed E-state index contributed by atoms with van der Waals surface area (Å²) in [4.78, 5) is 2.62. The number of hydrogen-bond acceptors (Lipinski definition) is 3. The number of ether oxygens (including phenoxy) is 1. The van der Waals surface area contributed by atoms with E-state index in [0.717, 1.165) is 43.7 Å². The lowest BCUT2D eigenvalue weighted by atomic mass is 9.48. The maximum Gasteiger partial charge on any atom is 0.0596 e. The molecule has 0 spiro atoms. The van der Waals surface area contributed by atoms with Gasteiger partial charge in [0.15, 0.2) is 0 Å². The Hall–Kier alpha value is -0.380. The van der Waals surface area contributed by atoms with Crippen LogP contribution in [0.4, 0.5) is 0 Å².